The molecule has 0 aliphatic rings. The lowest BCUT2D eigenvalue weighted by molar-refractivity contribution is 0.267. The van der Waals surface area contributed by atoms with Crippen LogP contribution < -0.4 is 5.56 Å². The fourth-order valence-electron chi connectivity index (χ4n) is 1.52. The minimum Gasteiger partial charge on any atom is -0.394 e. The normalized spacial score (nSPS) is 10.6. The van der Waals surface area contributed by atoms with E-state index in [0.29, 0.717) is 11.3 Å². The summed E-state index contributed by atoms with van der Waals surface area (Å²) in [5.74, 6) is -0.389. The van der Waals surface area contributed by atoms with Gasteiger partial charge in [0.05, 0.1) is 18.8 Å². The van der Waals surface area contributed by atoms with Crippen LogP contribution in [-0.4, -0.2) is 21.5 Å². The topological polar surface area (TPSA) is 58.0 Å². The maximum Gasteiger partial charge on any atom is 0.267 e. The second-order valence-corrected chi connectivity index (χ2v) is 3.36. The molecule has 0 unspecified atom stereocenters. The summed E-state index contributed by atoms with van der Waals surface area (Å²) < 4.78 is 14.7. The third kappa shape index (κ3) is 1.90. The van der Waals surface area contributed by atoms with Crippen LogP contribution >= 0.6 is 0 Å². The predicted molar refractivity (Wildman–Crippen MR) is 57.5 cm³/mol. The Morgan fingerprint density at radius 2 is 2.12 bits per heavy atom. The van der Waals surface area contributed by atoms with Crippen molar-refractivity contribution in [2.24, 2.45) is 0 Å². The number of aromatic nitrogens is 2. The molecule has 84 valence electrons. The SMILES string of the molecule is O=c1cc(-c2ccccc2F)[nH]n1CCO. The van der Waals surface area contributed by atoms with Gasteiger partial charge in [-0.3, -0.25) is 14.6 Å². The molecule has 2 aromatic rings. The van der Waals surface area contributed by atoms with Crippen molar-refractivity contribution in [2.45, 2.75) is 6.54 Å². The summed E-state index contributed by atoms with van der Waals surface area (Å²) in [6.45, 7) is 0.0322. The van der Waals surface area contributed by atoms with Gasteiger partial charge in [0.2, 0.25) is 0 Å². The molecule has 0 aliphatic heterocycles. The molecule has 0 aliphatic carbocycles. The molecule has 0 radical (unpaired) electrons. The molecule has 1 aromatic carbocycles. The Kier molecular flexibility index (Phi) is 2.87. The molecule has 1 aromatic heterocycles. The van der Waals surface area contributed by atoms with E-state index in [2.05, 4.69) is 5.10 Å². The van der Waals surface area contributed by atoms with E-state index in [1.54, 1.807) is 18.2 Å². The molecule has 0 atom stereocenters. The Morgan fingerprint density at radius 3 is 2.81 bits per heavy atom. The fourth-order valence-corrected chi connectivity index (χ4v) is 1.52. The highest BCUT2D eigenvalue weighted by atomic mass is 19.1. The van der Waals surface area contributed by atoms with Crippen LogP contribution in [0.3, 0.4) is 0 Å². The summed E-state index contributed by atoms with van der Waals surface area (Å²) >= 11 is 0. The second kappa shape index (κ2) is 4.32. The number of hydrogen-bond donors (Lipinski definition) is 2. The summed E-state index contributed by atoms with van der Waals surface area (Å²) in [5, 5.41) is 11.5. The summed E-state index contributed by atoms with van der Waals surface area (Å²) in [6.07, 6.45) is 0. The van der Waals surface area contributed by atoms with Crippen LogP contribution in [-0.2, 0) is 6.54 Å². The maximum absolute atomic E-state index is 13.4. The van der Waals surface area contributed by atoms with E-state index in [-0.39, 0.29) is 24.5 Å². The van der Waals surface area contributed by atoms with Crippen LogP contribution in [0.1, 0.15) is 0 Å². The Morgan fingerprint density at radius 1 is 1.38 bits per heavy atom. The Bertz CT molecular complexity index is 545. The Labute approximate surface area is 90.9 Å². The van der Waals surface area contributed by atoms with Crippen molar-refractivity contribution in [1.82, 2.24) is 9.78 Å². The van der Waals surface area contributed by atoms with E-state index in [0.717, 1.165) is 0 Å². The molecular formula is C11H11FN2O2. The number of nitrogens with zero attached hydrogens (tertiary/aromatic N) is 1. The zero-order chi connectivity index (χ0) is 11.5. The van der Waals surface area contributed by atoms with Crippen LogP contribution in [0.2, 0.25) is 0 Å². The first kappa shape index (κ1) is 10.6. The van der Waals surface area contributed by atoms with E-state index >= 15 is 0 Å². The Hall–Kier alpha value is -1.88. The minimum absolute atomic E-state index is 0.142. The van der Waals surface area contributed by atoms with Gasteiger partial charge in [0.25, 0.3) is 5.56 Å². The molecule has 2 rings (SSSR count). The van der Waals surface area contributed by atoms with Gasteiger partial charge in [-0.2, -0.15) is 0 Å². The number of nitrogens with one attached hydrogen (secondary N) is 1. The molecule has 0 saturated heterocycles. The number of H-pyrrole nitrogens is 1. The number of rotatable bonds is 3. The van der Waals surface area contributed by atoms with E-state index < -0.39 is 0 Å². The minimum atomic E-state index is -0.389. The van der Waals surface area contributed by atoms with E-state index in [4.69, 9.17) is 5.11 Å². The molecule has 0 fully saturated rings. The van der Waals surface area contributed by atoms with Gasteiger partial charge in [0.1, 0.15) is 5.82 Å². The van der Waals surface area contributed by atoms with Crippen molar-refractivity contribution >= 4 is 0 Å². The van der Waals surface area contributed by atoms with Gasteiger partial charge >= 0.3 is 0 Å². The molecule has 0 amide bonds. The van der Waals surface area contributed by atoms with Crippen LogP contribution in [0.25, 0.3) is 11.3 Å². The lowest BCUT2D eigenvalue weighted by Crippen LogP contribution is -2.17. The van der Waals surface area contributed by atoms with Gasteiger partial charge in [0, 0.05) is 11.6 Å². The molecule has 16 heavy (non-hydrogen) atoms. The number of aliphatic hydroxyl groups is 1. The zero-order valence-corrected chi connectivity index (χ0v) is 8.48. The maximum atomic E-state index is 13.4. The number of halogens is 1. The highest BCUT2D eigenvalue weighted by Crippen LogP contribution is 2.18. The van der Waals surface area contributed by atoms with Crippen LogP contribution in [0.4, 0.5) is 4.39 Å². The number of aromatic amines is 1. The van der Waals surface area contributed by atoms with Crippen molar-refractivity contribution in [2.75, 3.05) is 6.61 Å². The van der Waals surface area contributed by atoms with Crippen molar-refractivity contribution in [3.63, 3.8) is 0 Å². The monoisotopic (exact) mass is 222 g/mol. The number of hydrogen-bond acceptors (Lipinski definition) is 2. The summed E-state index contributed by atoms with van der Waals surface area (Å²) in [4.78, 5) is 11.4. The van der Waals surface area contributed by atoms with Crippen LogP contribution in [0.15, 0.2) is 35.1 Å². The second-order valence-electron chi connectivity index (χ2n) is 3.36. The number of benzene rings is 1. The highest BCUT2D eigenvalue weighted by molar-refractivity contribution is 5.59. The summed E-state index contributed by atoms with van der Waals surface area (Å²) in [5.41, 5.74) is 0.472. The van der Waals surface area contributed by atoms with Crippen molar-refractivity contribution < 1.29 is 9.50 Å². The fraction of sp³-hybridized carbons (Fsp3) is 0.182. The van der Waals surface area contributed by atoms with Crippen molar-refractivity contribution in [3.8, 4) is 11.3 Å². The van der Waals surface area contributed by atoms with Crippen LogP contribution in [0.5, 0.6) is 0 Å². The first-order valence-corrected chi connectivity index (χ1v) is 4.88. The van der Waals surface area contributed by atoms with Gasteiger partial charge in [-0.05, 0) is 12.1 Å². The summed E-state index contributed by atoms with van der Waals surface area (Å²) in [6, 6.07) is 7.51. The lowest BCUT2D eigenvalue weighted by Gasteiger charge is -2.00. The average molecular weight is 222 g/mol. The first-order chi connectivity index (χ1) is 7.72. The lowest BCUT2D eigenvalue weighted by atomic mass is 10.1. The number of aliphatic hydroxyl groups excluding tert-OH is 1. The van der Waals surface area contributed by atoms with Gasteiger partial charge in [-0.15, -0.1) is 0 Å². The first-order valence-electron chi connectivity index (χ1n) is 4.88. The van der Waals surface area contributed by atoms with Crippen molar-refractivity contribution in [1.29, 1.82) is 0 Å². The van der Waals surface area contributed by atoms with E-state index in [1.165, 1.54) is 16.8 Å². The Balaban J connectivity index is 2.46. The average Bonchev–Trinajstić information content (AvgIpc) is 2.61. The standard InChI is InChI=1S/C11H11FN2O2/c12-9-4-2-1-3-8(9)10-7-11(16)14(13-10)5-6-15/h1-4,7,13,15H,5-6H2. The van der Waals surface area contributed by atoms with Crippen LogP contribution in [0, 0.1) is 5.82 Å². The third-order valence-electron chi connectivity index (χ3n) is 2.28. The molecule has 4 nitrogen and oxygen atoms in total. The van der Waals surface area contributed by atoms with Crippen molar-refractivity contribution in [3.05, 3.63) is 46.5 Å². The zero-order valence-electron chi connectivity index (χ0n) is 8.48. The smallest absolute Gasteiger partial charge is 0.267 e. The van der Waals surface area contributed by atoms with Gasteiger partial charge in [-0.25, -0.2) is 4.39 Å². The van der Waals surface area contributed by atoms with Gasteiger partial charge in [0.15, 0.2) is 0 Å². The molecule has 2 N–H and O–H groups in total. The molecule has 0 bridgehead atoms. The molecule has 5 heteroatoms. The third-order valence-corrected chi connectivity index (χ3v) is 2.28. The van der Waals surface area contributed by atoms with E-state index in [9.17, 15) is 9.18 Å². The van der Waals surface area contributed by atoms with Gasteiger partial charge in [-0.1, -0.05) is 12.1 Å². The summed E-state index contributed by atoms with van der Waals surface area (Å²) in [7, 11) is 0. The molecular weight excluding hydrogens is 211 g/mol. The quantitative estimate of drug-likeness (QED) is 0.813. The molecule has 0 spiro atoms. The largest absolute Gasteiger partial charge is 0.394 e. The predicted octanol–water partition coefficient (Wildman–Crippen LogP) is 0.975. The van der Waals surface area contributed by atoms with Gasteiger partial charge < -0.3 is 5.11 Å². The molecule has 1 heterocycles. The molecule has 0 saturated carbocycles. The van der Waals surface area contributed by atoms with E-state index in [1.807, 2.05) is 0 Å². The highest BCUT2D eigenvalue weighted by Gasteiger charge is 2.08.